The molecule has 1 atom stereocenters. The number of benzene rings is 1. The second-order valence-electron chi connectivity index (χ2n) is 3.65. The van der Waals surface area contributed by atoms with Gasteiger partial charge >= 0.3 is 0 Å². The number of nitrogens with one attached hydrogen (secondary N) is 1. The Hall–Kier alpha value is -0.730. The number of piperazine rings is 1. The van der Waals surface area contributed by atoms with Gasteiger partial charge in [-0.1, -0.05) is 18.2 Å². The zero-order chi connectivity index (χ0) is 9.97. The van der Waals surface area contributed by atoms with E-state index in [2.05, 4.69) is 41.4 Å². The van der Waals surface area contributed by atoms with Crippen molar-refractivity contribution >= 4 is 17.3 Å². The second kappa shape index (κ2) is 4.20. The second-order valence-corrected chi connectivity index (χ2v) is 4.18. The number of para-hydroxylation sites is 1. The van der Waals surface area contributed by atoms with Crippen molar-refractivity contribution < 1.29 is 0 Å². The fraction of sp³-hybridized carbons (Fsp3) is 0.455. The minimum absolute atomic E-state index is 0.0726. The first-order valence-corrected chi connectivity index (χ1v) is 5.39. The van der Waals surface area contributed by atoms with Crippen molar-refractivity contribution in [3.63, 3.8) is 0 Å². The van der Waals surface area contributed by atoms with Gasteiger partial charge in [-0.15, -0.1) is 11.6 Å². The number of rotatable bonds is 1. The Bertz CT molecular complexity index is 314. The average molecular weight is 211 g/mol. The fourth-order valence-electron chi connectivity index (χ4n) is 1.84. The molecule has 1 N–H and O–H groups in total. The summed E-state index contributed by atoms with van der Waals surface area (Å²) in [5, 5.41) is 3.22. The van der Waals surface area contributed by atoms with Crippen LogP contribution in [-0.2, 0) is 0 Å². The number of halogens is 1. The van der Waals surface area contributed by atoms with Crippen molar-refractivity contribution in [2.45, 2.75) is 12.4 Å². The third-order valence-corrected chi connectivity index (χ3v) is 2.88. The Morgan fingerprint density at radius 1 is 1.43 bits per heavy atom. The van der Waals surface area contributed by atoms with E-state index in [0.717, 1.165) is 19.6 Å². The molecule has 1 aliphatic heterocycles. The smallest absolute Gasteiger partial charge is 0.100 e. The first-order chi connectivity index (χ1) is 6.77. The van der Waals surface area contributed by atoms with Crippen molar-refractivity contribution in [1.29, 1.82) is 0 Å². The Kier molecular flexibility index (Phi) is 2.94. The van der Waals surface area contributed by atoms with Gasteiger partial charge in [0.15, 0.2) is 0 Å². The van der Waals surface area contributed by atoms with Gasteiger partial charge in [0.05, 0.1) is 0 Å². The number of alkyl halides is 1. The maximum absolute atomic E-state index is 6.06. The highest BCUT2D eigenvalue weighted by Crippen LogP contribution is 2.20. The van der Waals surface area contributed by atoms with E-state index < -0.39 is 0 Å². The molecule has 1 aromatic rings. The summed E-state index contributed by atoms with van der Waals surface area (Å²) in [7, 11) is 0. The van der Waals surface area contributed by atoms with Crippen molar-refractivity contribution in [1.82, 2.24) is 5.32 Å². The molecule has 1 aromatic carbocycles. The van der Waals surface area contributed by atoms with E-state index in [1.54, 1.807) is 0 Å². The van der Waals surface area contributed by atoms with Gasteiger partial charge in [0.1, 0.15) is 5.50 Å². The quantitative estimate of drug-likeness (QED) is 0.563. The Balaban J connectivity index is 2.18. The highest BCUT2D eigenvalue weighted by atomic mass is 35.5. The van der Waals surface area contributed by atoms with Gasteiger partial charge in [-0.05, 0) is 18.6 Å². The van der Waals surface area contributed by atoms with Crippen LogP contribution < -0.4 is 10.2 Å². The van der Waals surface area contributed by atoms with Gasteiger partial charge < -0.3 is 4.90 Å². The number of aryl methyl sites for hydroxylation is 1. The Morgan fingerprint density at radius 3 is 2.93 bits per heavy atom. The zero-order valence-electron chi connectivity index (χ0n) is 8.33. The van der Waals surface area contributed by atoms with E-state index in [1.165, 1.54) is 11.3 Å². The molecule has 1 heterocycles. The third-order valence-electron chi connectivity index (χ3n) is 2.58. The highest BCUT2D eigenvalue weighted by Gasteiger charge is 2.17. The number of anilines is 1. The van der Waals surface area contributed by atoms with E-state index in [4.69, 9.17) is 11.6 Å². The summed E-state index contributed by atoms with van der Waals surface area (Å²) in [5.41, 5.74) is 2.70. The Labute approximate surface area is 89.9 Å². The van der Waals surface area contributed by atoms with Crippen molar-refractivity contribution in [2.24, 2.45) is 0 Å². The molecular weight excluding hydrogens is 196 g/mol. The Morgan fingerprint density at radius 2 is 2.21 bits per heavy atom. The van der Waals surface area contributed by atoms with Crippen LogP contribution in [0.25, 0.3) is 0 Å². The molecule has 0 saturated carbocycles. The maximum Gasteiger partial charge on any atom is 0.100 e. The molecule has 0 spiro atoms. The molecule has 0 aliphatic carbocycles. The van der Waals surface area contributed by atoms with Gasteiger partial charge in [0.25, 0.3) is 0 Å². The number of hydrogen-bond acceptors (Lipinski definition) is 2. The fourth-order valence-corrected chi connectivity index (χ4v) is 2.12. The normalized spacial score (nSPS) is 22.4. The lowest BCUT2D eigenvalue weighted by Gasteiger charge is -2.33. The van der Waals surface area contributed by atoms with Crippen LogP contribution >= 0.6 is 11.6 Å². The summed E-state index contributed by atoms with van der Waals surface area (Å²) >= 11 is 6.06. The summed E-state index contributed by atoms with van der Waals surface area (Å²) in [6, 6.07) is 8.44. The van der Waals surface area contributed by atoms with E-state index in [9.17, 15) is 0 Å². The molecule has 14 heavy (non-hydrogen) atoms. The molecule has 0 bridgehead atoms. The summed E-state index contributed by atoms with van der Waals surface area (Å²) in [5.74, 6) is 0. The van der Waals surface area contributed by atoms with Gasteiger partial charge in [0.2, 0.25) is 0 Å². The topological polar surface area (TPSA) is 15.3 Å². The minimum atomic E-state index is 0.0726. The molecular formula is C11H15ClN2. The maximum atomic E-state index is 6.06. The van der Waals surface area contributed by atoms with Gasteiger partial charge in [-0.2, -0.15) is 0 Å². The molecule has 0 radical (unpaired) electrons. The molecule has 1 aliphatic rings. The molecule has 76 valence electrons. The lowest BCUT2D eigenvalue weighted by atomic mass is 10.1. The van der Waals surface area contributed by atoms with Gasteiger partial charge in [0, 0.05) is 25.3 Å². The van der Waals surface area contributed by atoms with Crippen LogP contribution in [0.15, 0.2) is 24.3 Å². The van der Waals surface area contributed by atoms with Crippen LogP contribution in [0.2, 0.25) is 0 Å². The van der Waals surface area contributed by atoms with E-state index in [-0.39, 0.29) is 5.50 Å². The van der Waals surface area contributed by atoms with Gasteiger partial charge in [-0.25, -0.2) is 0 Å². The van der Waals surface area contributed by atoms with Crippen LogP contribution in [0.1, 0.15) is 5.56 Å². The summed E-state index contributed by atoms with van der Waals surface area (Å²) < 4.78 is 0. The molecule has 1 unspecified atom stereocenters. The minimum Gasteiger partial charge on any atom is -0.367 e. The van der Waals surface area contributed by atoms with Crippen LogP contribution in [0.5, 0.6) is 0 Å². The highest BCUT2D eigenvalue weighted by molar-refractivity contribution is 6.20. The van der Waals surface area contributed by atoms with Crippen LogP contribution in [0.4, 0.5) is 5.69 Å². The van der Waals surface area contributed by atoms with Crippen LogP contribution in [-0.4, -0.2) is 25.1 Å². The van der Waals surface area contributed by atoms with E-state index in [0.29, 0.717) is 0 Å². The first-order valence-electron chi connectivity index (χ1n) is 4.95. The number of nitrogens with zero attached hydrogens (tertiary/aromatic N) is 1. The SMILES string of the molecule is Cc1ccccc1N1CCNC(Cl)C1. The lowest BCUT2D eigenvalue weighted by molar-refractivity contribution is 0.552. The summed E-state index contributed by atoms with van der Waals surface area (Å²) in [6.45, 7) is 5.02. The molecule has 1 saturated heterocycles. The predicted octanol–water partition coefficient (Wildman–Crippen LogP) is 1.97. The molecule has 2 nitrogen and oxygen atoms in total. The molecule has 3 heteroatoms. The van der Waals surface area contributed by atoms with Crippen LogP contribution in [0, 0.1) is 6.92 Å². The first kappa shape index (κ1) is 9.81. The van der Waals surface area contributed by atoms with Gasteiger partial charge in [-0.3, -0.25) is 5.32 Å². The average Bonchev–Trinajstić information content (AvgIpc) is 2.18. The lowest BCUT2D eigenvalue weighted by Crippen LogP contribution is -2.48. The molecule has 1 fully saturated rings. The summed E-state index contributed by atoms with van der Waals surface area (Å²) in [4.78, 5) is 2.34. The monoisotopic (exact) mass is 210 g/mol. The van der Waals surface area contributed by atoms with E-state index in [1.807, 2.05) is 0 Å². The largest absolute Gasteiger partial charge is 0.367 e. The van der Waals surface area contributed by atoms with Crippen molar-refractivity contribution in [3.05, 3.63) is 29.8 Å². The third kappa shape index (κ3) is 2.02. The van der Waals surface area contributed by atoms with E-state index >= 15 is 0 Å². The molecule has 0 amide bonds. The summed E-state index contributed by atoms with van der Waals surface area (Å²) in [6.07, 6.45) is 0. The van der Waals surface area contributed by atoms with Crippen molar-refractivity contribution in [2.75, 3.05) is 24.5 Å². The van der Waals surface area contributed by atoms with Crippen LogP contribution in [0.3, 0.4) is 0 Å². The van der Waals surface area contributed by atoms with Crippen molar-refractivity contribution in [3.8, 4) is 0 Å². The standard InChI is InChI=1S/C11H15ClN2/c1-9-4-2-3-5-10(9)14-7-6-13-11(12)8-14/h2-5,11,13H,6-8H2,1H3. The molecule has 2 rings (SSSR count). The number of hydrogen-bond donors (Lipinski definition) is 1. The zero-order valence-corrected chi connectivity index (χ0v) is 9.09. The molecule has 0 aromatic heterocycles. The predicted molar refractivity (Wildman–Crippen MR) is 61.0 cm³/mol.